The lowest BCUT2D eigenvalue weighted by Gasteiger charge is -2.63. The number of fused-ring (bicyclic) bond motifs is 7. The van der Waals surface area contributed by atoms with Gasteiger partial charge in [0.2, 0.25) is 0 Å². The van der Waals surface area contributed by atoms with Crippen molar-refractivity contribution in [3.05, 3.63) is 23.8 Å². The van der Waals surface area contributed by atoms with Crippen molar-refractivity contribution in [3.8, 4) is 0 Å². The zero-order chi connectivity index (χ0) is 25.7. The number of hydrogen-bond acceptors (Lipinski definition) is 7. The number of alkyl halides is 2. The number of cyclic esters (lactones) is 1. The number of aliphatic hydroxyl groups excluding tert-OH is 1. The number of aliphatic hydroxyl groups is 1. The highest BCUT2D eigenvalue weighted by atomic mass is 32.2. The minimum atomic E-state index is -2.15. The minimum Gasteiger partial charge on any atom is -0.465 e. The van der Waals surface area contributed by atoms with E-state index in [-0.39, 0.29) is 36.1 Å². The van der Waals surface area contributed by atoms with Gasteiger partial charge in [0.05, 0.1) is 12.7 Å². The van der Waals surface area contributed by atoms with Crippen molar-refractivity contribution in [1.29, 1.82) is 0 Å². The Morgan fingerprint density at radius 1 is 1.22 bits per heavy atom. The molecule has 9 heteroatoms. The van der Waals surface area contributed by atoms with Crippen molar-refractivity contribution in [2.24, 2.45) is 22.7 Å². The highest BCUT2D eigenvalue weighted by Crippen LogP contribution is 2.74. The Labute approximate surface area is 214 Å². The summed E-state index contributed by atoms with van der Waals surface area (Å²) < 4.78 is 51.4. The van der Waals surface area contributed by atoms with Crippen LogP contribution in [0.1, 0.15) is 59.3 Å². The Morgan fingerprint density at radius 3 is 2.69 bits per heavy atom. The molecule has 0 aromatic carbocycles. The number of carbonyl (C=O) groups is 2. The first-order chi connectivity index (χ1) is 17.0. The molecule has 3 saturated carbocycles. The Morgan fingerprint density at radius 2 is 2.00 bits per heavy atom. The van der Waals surface area contributed by atoms with E-state index < -0.39 is 57.3 Å². The van der Waals surface area contributed by atoms with Crippen LogP contribution in [-0.2, 0) is 23.8 Å². The predicted octanol–water partition coefficient (Wildman–Crippen LogP) is 4.20. The molecule has 11 atom stereocenters. The summed E-state index contributed by atoms with van der Waals surface area (Å²) >= 11 is 1.40. The molecular formula is C27H34F2O6S. The van der Waals surface area contributed by atoms with Crippen LogP contribution in [0.5, 0.6) is 0 Å². The van der Waals surface area contributed by atoms with E-state index in [0.717, 1.165) is 6.42 Å². The summed E-state index contributed by atoms with van der Waals surface area (Å²) in [7, 11) is 0. The molecule has 0 unspecified atom stereocenters. The van der Waals surface area contributed by atoms with Gasteiger partial charge in [-0.3, -0.25) is 9.59 Å². The van der Waals surface area contributed by atoms with Gasteiger partial charge in [-0.05, 0) is 56.3 Å². The number of thioether (sulfide) groups is 1. The Kier molecular flexibility index (Phi) is 5.63. The molecule has 6 nitrogen and oxygen atoms in total. The third kappa shape index (κ3) is 3.00. The van der Waals surface area contributed by atoms with Gasteiger partial charge in [-0.2, -0.15) is 0 Å². The van der Waals surface area contributed by atoms with Crippen LogP contribution in [-0.4, -0.2) is 64.0 Å². The fraction of sp³-hybridized carbons (Fsp3) is 0.778. The maximum Gasteiger partial charge on any atom is 0.319 e. The highest BCUT2D eigenvalue weighted by Gasteiger charge is 2.79. The molecule has 36 heavy (non-hydrogen) atoms. The maximum absolute atomic E-state index is 17.4. The molecule has 2 heterocycles. The standard InChI is InChI=1S/C27H34F2O6S/c1-4-5-22-34-21-12-15-16-11-18(28)17-10-14(30)6-8-24(17,2)26(16,29)20(31)13-25(15,3)27(21,35-22)36-19-7-9-33-23(19)32/h6,8,10,15-16,18-22,31H,4-5,7,9,11-13H2,1-3H3/t15-,16-,18-,19+,20-,21+,22+,24-,25-,26-,27-/m0/s1. The van der Waals surface area contributed by atoms with Crippen LogP contribution in [0.25, 0.3) is 0 Å². The number of hydrogen-bond donors (Lipinski definition) is 1. The molecule has 0 amide bonds. The van der Waals surface area contributed by atoms with E-state index in [2.05, 4.69) is 0 Å². The van der Waals surface area contributed by atoms with Crippen LogP contribution in [0, 0.1) is 22.7 Å². The zero-order valence-electron chi connectivity index (χ0n) is 20.9. The van der Waals surface area contributed by atoms with E-state index >= 15 is 8.78 Å². The second-order valence-corrected chi connectivity index (χ2v) is 13.2. The first-order valence-electron chi connectivity index (χ1n) is 13.1. The van der Waals surface area contributed by atoms with Gasteiger partial charge in [0.1, 0.15) is 22.5 Å². The summed E-state index contributed by atoms with van der Waals surface area (Å²) in [6.07, 6.45) is 2.69. The SMILES string of the molecule is CCC[C@@H]1O[C@@H]2C[C@H]3[C@@H]4C[C@H](F)C5=CC(=O)C=C[C@]5(C)[C@@]4(F)[C@@H](O)C[C@]3(C)[C@]2(S[C@@H]2CCOC2=O)O1. The number of allylic oxidation sites excluding steroid dienone is 4. The first kappa shape index (κ1) is 25.0. The fourth-order valence-electron chi connectivity index (χ4n) is 8.30. The second kappa shape index (κ2) is 8.10. The van der Waals surface area contributed by atoms with Gasteiger partial charge >= 0.3 is 5.97 Å². The number of ketones is 1. The summed E-state index contributed by atoms with van der Waals surface area (Å²) in [5.74, 6) is -1.80. The lowest BCUT2D eigenvalue weighted by atomic mass is 9.45. The van der Waals surface area contributed by atoms with Crippen molar-refractivity contribution < 1.29 is 37.7 Å². The summed E-state index contributed by atoms with van der Waals surface area (Å²) in [5, 5.41) is 11.2. The van der Waals surface area contributed by atoms with Crippen LogP contribution in [0.4, 0.5) is 8.78 Å². The van der Waals surface area contributed by atoms with E-state index in [4.69, 9.17) is 14.2 Å². The molecule has 5 fully saturated rings. The van der Waals surface area contributed by atoms with Gasteiger partial charge in [-0.15, -0.1) is 11.8 Å². The Balaban J connectivity index is 1.43. The van der Waals surface area contributed by atoms with Crippen LogP contribution in [0.2, 0.25) is 0 Å². The smallest absolute Gasteiger partial charge is 0.319 e. The van der Waals surface area contributed by atoms with Gasteiger partial charge < -0.3 is 19.3 Å². The topological polar surface area (TPSA) is 82.1 Å². The molecule has 2 saturated heterocycles. The highest BCUT2D eigenvalue weighted by molar-refractivity contribution is 8.01. The summed E-state index contributed by atoms with van der Waals surface area (Å²) in [4.78, 5) is 23.6. The number of ether oxygens (including phenoxy) is 3. The molecule has 0 spiro atoms. The van der Waals surface area contributed by atoms with E-state index in [1.165, 1.54) is 30.0 Å². The van der Waals surface area contributed by atoms with Gasteiger partial charge in [-0.1, -0.05) is 26.3 Å². The molecule has 6 aliphatic rings. The largest absolute Gasteiger partial charge is 0.465 e. The second-order valence-electron chi connectivity index (χ2n) is 11.8. The molecule has 2 aliphatic heterocycles. The Bertz CT molecular complexity index is 1050. The predicted molar refractivity (Wildman–Crippen MR) is 128 cm³/mol. The monoisotopic (exact) mass is 524 g/mol. The normalized spacial score (nSPS) is 53.4. The van der Waals surface area contributed by atoms with Gasteiger partial charge in [0, 0.05) is 23.2 Å². The summed E-state index contributed by atoms with van der Waals surface area (Å²) in [6.45, 7) is 5.98. The average Bonchev–Trinajstić information content (AvgIpc) is 3.44. The number of esters is 1. The zero-order valence-corrected chi connectivity index (χ0v) is 21.7. The number of carbonyl (C=O) groups excluding carboxylic acids is 2. The lowest BCUT2D eigenvalue weighted by Crippen LogP contribution is -2.69. The molecule has 198 valence electrons. The molecule has 0 aromatic heterocycles. The van der Waals surface area contributed by atoms with Crippen molar-refractivity contribution >= 4 is 23.5 Å². The minimum absolute atomic E-state index is 0.0831. The number of halogens is 2. The average molecular weight is 525 g/mol. The Hall–Kier alpha value is -1.29. The molecule has 4 aliphatic carbocycles. The van der Waals surface area contributed by atoms with E-state index in [1.54, 1.807) is 6.92 Å². The molecule has 0 radical (unpaired) electrons. The van der Waals surface area contributed by atoms with Crippen LogP contribution < -0.4 is 0 Å². The van der Waals surface area contributed by atoms with E-state index in [0.29, 0.717) is 25.9 Å². The van der Waals surface area contributed by atoms with Crippen LogP contribution in [0.15, 0.2) is 23.8 Å². The lowest BCUT2D eigenvalue weighted by molar-refractivity contribution is -0.222. The first-order valence-corrected chi connectivity index (χ1v) is 14.0. The van der Waals surface area contributed by atoms with Crippen molar-refractivity contribution in [2.75, 3.05) is 6.61 Å². The van der Waals surface area contributed by atoms with Crippen molar-refractivity contribution in [3.63, 3.8) is 0 Å². The maximum atomic E-state index is 17.4. The van der Waals surface area contributed by atoms with Crippen molar-refractivity contribution in [2.45, 2.75) is 99.8 Å². The molecule has 1 N–H and O–H groups in total. The van der Waals surface area contributed by atoms with Gasteiger partial charge in [0.15, 0.2) is 17.7 Å². The van der Waals surface area contributed by atoms with Crippen molar-refractivity contribution in [1.82, 2.24) is 0 Å². The summed E-state index contributed by atoms with van der Waals surface area (Å²) in [5.41, 5.74) is -4.23. The third-order valence-corrected chi connectivity index (χ3v) is 11.9. The van der Waals surface area contributed by atoms with E-state index in [9.17, 15) is 14.7 Å². The third-order valence-electron chi connectivity index (χ3n) is 10.1. The number of rotatable bonds is 4. The quantitative estimate of drug-likeness (QED) is 0.552. The summed E-state index contributed by atoms with van der Waals surface area (Å²) in [6, 6.07) is 0. The molecule has 0 bridgehead atoms. The fourth-order valence-corrected chi connectivity index (χ4v) is 10.1. The molecule has 6 rings (SSSR count). The molecule has 0 aromatic rings. The van der Waals surface area contributed by atoms with E-state index in [1.807, 2.05) is 13.8 Å². The van der Waals surface area contributed by atoms with Crippen LogP contribution in [0.3, 0.4) is 0 Å². The molecular weight excluding hydrogens is 490 g/mol. The van der Waals surface area contributed by atoms with Crippen LogP contribution >= 0.6 is 11.8 Å². The van der Waals surface area contributed by atoms with Gasteiger partial charge in [-0.25, -0.2) is 8.78 Å². The van der Waals surface area contributed by atoms with Gasteiger partial charge in [0.25, 0.3) is 0 Å².